The van der Waals surface area contributed by atoms with E-state index in [-0.39, 0.29) is 1.43 Å². The Bertz CT molecular complexity index is 311. The van der Waals surface area contributed by atoms with Crippen LogP contribution in [-0.2, 0) is 0 Å². The van der Waals surface area contributed by atoms with E-state index >= 15 is 0 Å². The van der Waals surface area contributed by atoms with Crippen molar-refractivity contribution >= 4 is 5.69 Å². The van der Waals surface area contributed by atoms with E-state index in [2.05, 4.69) is 47.6 Å². The van der Waals surface area contributed by atoms with Crippen LogP contribution in [0.15, 0.2) is 42.7 Å². The second kappa shape index (κ2) is 4.18. The van der Waals surface area contributed by atoms with Gasteiger partial charge in [0.05, 0.1) is 0 Å². The summed E-state index contributed by atoms with van der Waals surface area (Å²) in [5, 5.41) is 3.35. The Balaban J connectivity index is 0.00000112. The van der Waals surface area contributed by atoms with Crippen molar-refractivity contribution in [2.75, 3.05) is 11.4 Å². The summed E-state index contributed by atoms with van der Waals surface area (Å²) in [5.41, 5.74) is 1.27. The summed E-state index contributed by atoms with van der Waals surface area (Å²) in [5.74, 6) is 0. The molecule has 0 spiro atoms. The second-order valence-electron chi connectivity index (χ2n) is 3.58. The van der Waals surface area contributed by atoms with Crippen LogP contribution < -0.4 is 10.2 Å². The van der Waals surface area contributed by atoms with E-state index in [0.29, 0.717) is 6.04 Å². The number of para-hydroxylation sites is 1. The normalized spacial score (nSPS) is 20.6. The summed E-state index contributed by atoms with van der Waals surface area (Å²) in [7, 11) is 0. The van der Waals surface area contributed by atoms with Crippen LogP contribution in [0, 0.1) is 0 Å². The molecule has 0 fully saturated rings. The number of hydrogen-bond donors (Lipinski definition) is 1. The Morgan fingerprint density at radius 3 is 2.93 bits per heavy atom. The average molecular weight is 190 g/mol. The largest absolute Gasteiger partial charge is 0.385 e. The predicted octanol–water partition coefficient (Wildman–Crippen LogP) is 2.59. The molecule has 1 unspecified atom stereocenters. The summed E-state index contributed by atoms with van der Waals surface area (Å²) in [6.45, 7) is 3.26. The minimum atomic E-state index is 0. The lowest BCUT2D eigenvalue weighted by molar-refractivity contribution is 0.551. The average Bonchev–Trinajstić information content (AvgIpc) is 2.30. The molecule has 0 saturated carbocycles. The number of hydrogen-bond acceptors (Lipinski definition) is 2. The molecule has 76 valence electrons. The molecule has 0 aromatic heterocycles. The first kappa shape index (κ1) is 9.13. The van der Waals surface area contributed by atoms with Gasteiger partial charge in [-0.1, -0.05) is 25.1 Å². The molecule has 1 aliphatic heterocycles. The van der Waals surface area contributed by atoms with Crippen LogP contribution in [0.3, 0.4) is 0 Å². The standard InChI is InChI=1S/C12H16N2.H2/c1-2-11-10-14(9-8-13-11)12-6-4-3-5-7-12;/h3-9,11,13H,2,10H2,1H3;1H. The first-order valence-electron chi connectivity index (χ1n) is 5.14. The molecule has 1 aromatic carbocycles. The highest BCUT2D eigenvalue weighted by atomic mass is 15.2. The minimum Gasteiger partial charge on any atom is -0.385 e. The molecule has 2 nitrogen and oxygen atoms in total. The molecule has 1 aromatic rings. The van der Waals surface area contributed by atoms with Gasteiger partial charge in [0.2, 0.25) is 0 Å². The summed E-state index contributed by atoms with van der Waals surface area (Å²) in [6, 6.07) is 11.1. The van der Waals surface area contributed by atoms with Gasteiger partial charge in [-0.05, 0) is 18.6 Å². The highest BCUT2D eigenvalue weighted by Crippen LogP contribution is 2.16. The Labute approximate surface area is 86.7 Å². The lowest BCUT2D eigenvalue weighted by Gasteiger charge is -2.30. The zero-order chi connectivity index (χ0) is 9.80. The van der Waals surface area contributed by atoms with E-state index in [1.54, 1.807) is 0 Å². The molecule has 1 atom stereocenters. The summed E-state index contributed by atoms with van der Waals surface area (Å²) >= 11 is 0. The summed E-state index contributed by atoms with van der Waals surface area (Å²) < 4.78 is 0. The van der Waals surface area contributed by atoms with Crippen molar-refractivity contribution < 1.29 is 1.43 Å². The quantitative estimate of drug-likeness (QED) is 0.771. The molecular weight excluding hydrogens is 172 g/mol. The smallest absolute Gasteiger partial charge is 0.0433 e. The van der Waals surface area contributed by atoms with Crippen molar-refractivity contribution in [3.63, 3.8) is 0 Å². The molecule has 0 aliphatic carbocycles. The topological polar surface area (TPSA) is 15.3 Å². The minimum absolute atomic E-state index is 0. The maximum absolute atomic E-state index is 3.35. The first-order valence-corrected chi connectivity index (χ1v) is 5.14. The van der Waals surface area contributed by atoms with Crippen LogP contribution in [0.4, 0.5) is 5.69 Å². The lowest BCUT2D eigenvalue weighted by atomic mass is 10.2. The molecule has 1 heterocycles. The van der Waals surface area contributed by atoms with Gasteiger partial charge in [-0.2, -0.15) is 0 Å². The molecule has 0 amide bonds. The third kappa shape index (κ3) is 1.90. The number of nitrogens with zero attached hydrogens (tertiary/aromatic N) is 1. The van der Waals surface area contributed by atoms with Crippen LogP contribution in [0.2, 0.25) is 0 Å². The summed E-state index contributed by atoms with van der Waals surface area (Å²) in [6.07, 6.45) is 5.29. The van der Waals surface area contributed by atoms with Crippen molar-refractivity contribution in [1.29, 1.82) is 0 Å². The molecule has 0 saturated heterocycles. The van der Waals surface area contributed by atoms with Gasteiger partial charge >= 0.3 is 0 Å². The Hall–Kier alpha value is -1.44. The number of nitrogens with one attached hydrogen (secondary N) is 1. The highest BCUT2D eigenvalue weighted by molar-refractivity contribution is 5.49. The van der Waals surface area contributed by atoms with Crippen LogP contribution in [0.1, 0.15) is 14.8 Å². The third-order valence-corrected chi connectivity index (χ3v) is 2.58. The van der Waals surface area contributed by atoms with Gasteiger partial charge in [0.1, 0.15) is 0 Å². The van der Waals surface area contributed by atoms with Crippen molar-refractivity contribution in [3.8, 4) is 0 Å². The fraction of sp³-hybridized carbons (Fsp3) is 0.333. The SMILES string of the molecule is CCC1CN(c2ccccc2)C=CN1.[HH]. The maximum atomic E-state index is 3.35. The maximum Gasteiger partial charge on any atom is 0.0433 e. The van der Waals surface area contributed by atoms with E-state index < -0.39 is 0 Å². The third-order valence-electron chi connectivity index (χ3n) is 2.58. The lowest BCUT2D eigenvalue weighted by Crippen LogP contribution is -2.40. The predicted molar refractivity (Wildman–Crippen MR) is 62.3 cm³/mol. The van der Waals surface area contributed by atoms with E-state index in [1.165, 1.54) is 5.69 Å². The number of rotatable bonds is 2. The van der Waals surface area contributed by atoms with Crippen molar-refractivity contribution in [2.45, 2.75) is 19.4 Å². The van der Waals surface area contributed by atoms with Gasteiger partial charge in [0, 0.05) is 32.1 Å². The van der Waals surface area contributed by atoms with Gasteiger partial charge in [0.15, 0.2) is 0 Å². The zero-order valence-corrected chi connectivity index (χ0v) is 8.48. The second-order valence-corrected chi connectivity index (χ2v) is 3.58. The fourth-order valence-corrected chi connectivity index (χ4v) is 1.68. The fourth-order valence-electron chi connectivity index (χ4n) is 1.68. The molecule has 1 aliphatic rings. The van der Waals surface area contributed by atoms with Crippen LogP contribution in [0.5, 0.6) is 0 Å². The Morgan fingerprint density at radius 2 is 2.21 bits per heavy atom. The molecule has 1 N–H and O–H groups in total. The molecular formula is C12H18N2. The summed E-state index contributed by atoms with van der Waals surface area (Å²) in [4.78, 5) is 2.28. The van der Waals surface area contributed by atoms with Gasteiger partial charge in [-0.15, -0.1) is 0 Å². The number of anilines is 1. The van der Waals surface area contributed by atoms with Gasteiger partial charge in [0.25, 0.3) is 0 Å². The molecule has 2 rings (SSSR count). The van der Waals surface area contributed by atoms with E-state index in [0.717, 1.165) is 13.0 Å². The molecule has 2 heteroatoms. The molecule has 0 bridgehead atoms. The van der Waals surface area contributed by atoms with Crippen LogP contribution in [0.25, 0.3) is 0 Å². The van der Waals surface area contributed by atoms with Gasteiger partial charge < -0.3 is 10.2 Å². The van der Waals surface area contributed by atoms with Crippen LogP contribution >= 0.6 is 0 Å². The first-order chi connectivity index (χ1) is 6.90. The molecule has 14 heavy (non-hydrogen) atoms. The highest BCUT2D eigenvalue weighted by Gasteiger charge is 2.13. The zero-order valence-electron chi connectivity index (χ0n) is 8.48. The van der Waals surface area contributed by atoms with E-state index in [4.69, 9.17) is 0 Å². The Kier molecular flexibility index (Phi) is 2.73. The Morgan fingerprint density at radius 1 is 1.43 bits per heavy atom. The van der Waals surface area contributed by atoms with Gasteiger partial charge in [-0.25, -0.2) is 0 Å². The van der Waals surface area contributed by atoms with E-state index in [9.17, 15) is 0 Å². The van der Waals surface area contributed by atoms with Crippen molar-refractivity contribution in [3.05, 3.63) is 42.7 Å². The van der Waals surface area contributed by atoms with Crippen molar-refractivity contribution in [2.24, 2.45) is 0 Å². The van der Waals surface area contributed by atoms with E-state index in [1.807, 2.05) is 12.3 Å². The monoisotopic (exact) mass is 190 g/mol. The number of benzene rings is 1. The van der Waals surface area contributed by atoms with Crippen molar-refractivity contribution in [1.82, 2.24) is 5.32 Å². The van der Waals surface area contributed by atoms with Crippen LogP contribution in [-0.4, -0.2) is 12.6 Å². The molecule has 0 radical (unpaired) electrons. The van der Waals surface area contributed by atoms with Gasteiger partial charge in [-0.3, -0.25) is 0 Å².